The number of amides is 1. The molecule has 1 amide bonds. The molecule has 0 unspecified atom stereocenters. The number of piperazine rings is 1. The molecule has 45 heavy (non-hydrogen) atoms. The van der Waals surface area contributed by atoms with E-state index >= 15 is 4.39 Å². The summed E-state index contributed by atoms with van der Waals surface area (Å²) >= 11 is 6.92. The van der Waals surface area contributed by atoms with Crippen molar-refractivity contribution in [3.63, 3.8) is 0 Å². The maximum absolute atomic E-state index is 15.5. The predicted molar refractivity (Wildman–Crippen MR) is 178 cm³/mol. The lowest BCUT2D eigenvalue weighted by molar-refractivity contribution is -0.128. The Morgan fingerprint density at radius 1 is 1.24 bits per heavy atom. The molecule has 4 heterocycles. The van der Waals surface area contributed by atoms with Gasteiger partial charge < -0.3 is 15.1 Å². The number of terminal acetylenes is 1. The van der Waals surface area contributed by atoms with Crippen LogP contribution in [0.3, 0.4) is 0 Å². The van der Waals surface area contributed by atoms with Gasteiger partial charge in [0.05, 0.1) is 39.6 Å². The molecule has 5 rings (SSSR count). The van der Waals surface area contributed by atoms with Crippen molar-refractivity contribution in [2.75, 3.05) is 29.9 Å². The molecule has 0 aliphatic carbocycles. The number of aromatic nitrogens is 4. The molecular formula is C34H35ClFN7O2. The molecule has 232 valence electrons. The first kappa shape index (κ1) is 31.7. The van der Waals surface area contributed by atoms with Gasteiger partial charge in [0, 0.05) is 37.1 Å². The van der Waals surface area contributed by atoms with Crippen molar-refractivity contribution in [1.82, 2.24) is 24.4 Å². The average molecular weight is 628 g/mol. The molecule has 9 nitrogen and oxygen atoms in total. The Balaban J connectivity index is 1.84. The van der Waals surface area contributed by atoms with Crippen molar-refractivity contribution < 1.29 is 9.18 Å². The topological polar surface area (TPSA) is 96.3 Å². The fourth-order valence-corrected chi connectivity index (χ4v) is 6.14. The summed E-state index contributed by atoms with van der Waals surface area (Å²) in [7, 11) is 0. The lowest BCUT2D eigenvalue weighted by Gasteiger charge is -2.44. The number of nitrogens with one attached hydrogen (secondary N) is 1. The third-order valence-corrected chi connectivity index (χ3v) is 8.36. The minimum absolute atomic E-state index is 0.0317. The Morgan fingerprint density at radius 2 is 2.00 bits per heavy atom. The lowest BCUT2D eigenvalue weighted by atomic mass is 10.0. The van der Waals surface area contributed by atoms with Gasteiger partial charge in [-0.1, -0.05) is 44.0 Å². The van der Waals surface area contributed by atoms with E-state index in [-0.39, 0.29) is 52.4 Å². The molecule has 0 spiro atoms. The zero-order valence-corrected chi connectivity index (χ0v) is 26.7. The number of carbonyl (C=O) groups is 1. The number of aryl methyl sites for hydroxylation is 1. The van der Waals surface area contributed by atoms with Crippen LogP contribution >= 0.6 is 11.6 Å². The largest absolute Gasteiger partial charge is 0.374 e. The SMILES string of the molecule is C#CCNc1cccc(F)c1-c1nc2c(cc1Cl)c(N1C[C@@H](C)N(C(=O)C=C)C[C@@H]1C)nc(=O)n2-c1c(C)ccnc1C(C)C. The van der Waals surface area contributed by atoms with Crippen molar-refractivity contribution in [1.29, 1.82) is 0 Å². The number of halogens is 2. The van der Waals surface area contributed by atoms with Crippen molar-refractivity contribution in [3.05, 3.63) is 81.8 Å². The molecule has 1 N–H and O–H groups in total. The molecule has 1 saturated heterocycles. The van der Waals surface area contributed by atoms with E-state index in [1.807, 2.05) is 45.6 Å². The summed E-state index contributed by atoms with van der Waals surface area (Å²) in [5.41, 5.74) is 2.40. The van der Waals surface area contributed by atoms with Gasteiger partial charge in [0.25, 0.3) is 0 Å². The third-order valence-electron chi connectivity index (χ3n) is 8.07. The van der Waals surface area contributed by atoms with Crippen LogP contribution in [0, 0.1) is 25.1 Å². The number of carbonyl (C=O) groups excluding carboxylic acids is 1. The van der Waals surface area contributed by atoms with E-state index in [1.165, 1.54) is 16.7 Å². The van der Waals surface area contributed by atoms with Crippen molar-refractivity contribution >= 4 is 40.0 Å². The second-order valence-electron chi connectivity index (χ2n) is 11.5. The summed E-state index contributed by atoms with van der Waals surface area (Å²) in [6, 6.07) is 7.68. The van der Waals surface area contributed by atoms with Gasteiger partial charge >= 0.3 is 5.69 Å². The van der Waals surface area contributed by atoms with Crippen molar-refractivity contribution in [3.8, 4) is 29.3 Å². The number of fused-ring (bicyclic) bond motifs is 1. The number of hydrogen-bond acceptors (Lipinski definition) is 7. The van der Waals surface area contributed by atoms with E-state index in [4.69, 9.17) is 23.0 Å². The highest BCUT2D eigenvalue weighted by Crippen LogP contribution is 2.39. The summed E-state index contributed by atoms with van der Waals surface area (Å²) in [4.78, 5) is 44.6. The first-order chi connectivity index (χ1) is 21.5. The summed E-state index contributed by atoms with van der Waals surface area (Å²) in [6.07, 6.45) is 8.48. The van der Waals surface area contributed by atoms with Gasteiger partial charge in [-0.15, -0.1) is 6.42 Å². The molecule has 3 aromatic heterocycles. The number of benzene rings is 1. The highest BCUT2D eigenvalue weighted by Gasteiger charge is 2.34. The van der Waals surface area contributed by atoms with Gasteiger partial charge in [-0.25, -0.2) is 18.7 Å². The molecule has 0 radical (unpaired) electrons. The maximum Gasteiger partial charge on any atom is 0.355 e. The predicted octanol–water partition coefficient (Wildman–Crippen LogP) is 5.72. The maximum atomic E-state index is 15.5. The van der Waals surface area contributed by atoms with Crippen molar-refractivity contribution in [2.24, 2.45) is 0 Å². The smallest absolute Gasteiger partial charge is 0.355 e. The monoisotopic (exact) mass is 627 g/mol. The minimum atomic E-state index is -0.570. The minimum Gasteiger partial charge on any atom is -0.374 e. The number of rotatable bonds is 7. The van der Waals surface area contributed by atoms with E-state index in [9.17, 15) is 9.59 Å². The number of nitrogens with zero attached hydrogens (tertiary/aromatic N) is 6. The van der Waals surface area contributed by atoms with E-state index in [2.05, 4.69) is 27.8 Å². The molecule has 1 fully saturated rings. The normalized spacial score (nSPS) is 16.6. The number of pyridine rings is 2. The van der Waals surface area contributed by atoms with Crippen LogP contribution < -0.4 is 15.9 Å². The highest BCUT2D eigenvalue weighted by atomic mass is 35.5. The first-order valence-corrected chi connectivity index (χ1v) is 15.1. The Labute approximate surface area is 266 Å². The van der Waals surface area contributed by atoms with Crippen LogP contribution in [0.25, 0.3) is 28.0 Å². The van der Waals surface area contributed by atoms with E-state index in [0.29, 0.717) is 41.4 Å². The van der Waals surface area contributed by atoms with E-state index in [1.54, 1.807) is 29.3 Å². The molecule has 0 bridgehead atoms. The molecule has 2 atom stereocenters. The van der Waals surface area contributed by atoms with Crippen LogP contribution in [0.4, 0.5) is 15.9 Å². The fraction of sp³-hybridized carbons (Fsp3) is 0.324. The molecule has 1 aliphatic heterocycles. The molecule has 1 aromatic carbocycles. The van der Waals surface area contributed by atoms with Crippen molar-refractivity contribution in [2.45, 2.75) is 52.6 Å². The van der Waals surface area contributed by atoms with Gasteiger partial charge in [0.15, 0.2) is 5.65 Å². The molecule has 1 aliphatic rings. The van der Waals surface area contributed by atoms with Crippen LogP contribution in [-0.4, -0.2) is 62.0 Å². The molecule has 4 aromatic rings. The van der Waals surface area contributed by atoms with E-state index < -0.39 is 11.5 Å². The fourth-order valence-electron chi connectivity index (χ4n) is 5.89. The van der Waals surface area contributed by atoms with Crippen LogP contribution in [0.2, 0.25) is 5.02 Å². The van der Waals surface area contributed by atoms with Crippen LogP contribution in [0.15, 0.2) is 54.0 Å². The molecule has 11 heteroatoms. The van der Waals surface area contributed by atoms with Gasteiger partial charge in [-0.3, -0.25) is 9.78 Å². The third kappa shape index (κ3) is 5.76. The highest BCUT2D eigenvalue weighted by molar-refractivity contribution is 6.34. The van der Waals surface area contributed by atoms with Gasteiger partial charge in [0.2, 0.25) is 5.91 Å². The standard InChI is InChI=1S/C34H35ClFN7O2/c1-8-14-37-26-12-10-11-25(36)28(26)30-24(35)16-23-32(42-18-21(6)41(17-22(42)7)27(44)9-2)40-34(45)43(33(23)39-30)31-20(5)13-15-38-29(31)19(3)4/h1,9-13,15-16,19,21-22,37H,2,14,17-18H2,3-7H3/t21-,22+/m1/s1. The van der Waals surface area contributed by atoms with Gasteiger partial charge in [0.1, 0.15) is 11.6 Å². The number of anilines is 2. The Hall–Kier alpha value is -4.75. The second kappa shape index (κ2) is 12.7. The summed E-state index contributed by atoms with van der Waals surface area (Å²) < 4.78 is 17.0. The first-order valence-electron chi connectivity index (χ1n) is 14.7. The molecule has 0 saturated carbocycles. The Kier molecular flexibility index (Phi) is 8.94. The summed E-state index contributed by atoms with van der Waals surface area (Å²) in [6.45, 7) is 14.4. The average Bonchev–Trinajstić information content (AvgIpc) is 3.00. The lowest BCUT2D eigenvalue weighted by Crippen LogP contribution is -2.58. The second-order valence-corrected chi connectivity index (χ2v) is 11.9. The van der Waals surface area contributed by atoms with Crippen LogP contribution in [0.5, 0.6) is 0 Å². The summed E-state index contributed by atoms with van der Waals surface area (Å²) in [5.74, 6) is 2.13. The zero-order valence-electron chi connectivity index (χ0n) is 25.9. The Bertz CT molecular complexity index is 1920. The number of hydrogen-bond donors (Lipinski definition) is 1. The van der Waals surface area contributed by atoms with Crippen LogP contribution in [0.1, 0.15) is 44.9 Å². The quantitative estimate of drug-likeness (QED) is 0.207. The molecular weight excluding hydrogens is 593 g/mol. The zero-order chi connectivity index (χ0) is 32.6. The summed E-state index contributed by atoms with van der Waals surface area (Å²) in [5, 5.41) is 3.71. The van der Waals surface area contributed by atoms with Gasteiger partial charge in [-0.2, -0.15) is 4.98 Å². The Morgan fingerprint density at radius 3 is 2.69 bits per heavy atom. The van der Waals surface area contributed by atoms with Crippen LogP contribution in [-0.2, 0) is 4.79 Å². The van der Waals surface area contributed by atoms with E-state index in [0.717, 1.165) is 5.56 Å². The van der Waals surface area contributed by atoms with Gasteiger partial charge in [-0.05, 0) is 62.6 Å².